The van der Waals surface area contributed by atoms with E-state index in [2.05, 4.69) is 11.9 Å². The molecule has 0 saturated carbocycles. The Morgan fingerprint density at radius 2 is 1.87 bits per heavy atom. The first-order chi connectivity index (χ1) is 7.16. The molecular weight excluding hydrogens is 192 g/mol. The summed E-state index contributed by atoms with van der Waals surface area (Å²) in [5.74, 6) is 0.201. The van der Waals surface area contributed by atoms with Gasteiger partial charge in [0.2, 0.25) is 0 Å². The number of ether oxygens (including phenoxy) is 1. The average molecular weight is 212 g/mol. The fourth-order valence-electron chi connectivity index (χ4n) is 2.21. The first-order valence-corrected chi connectivity index (χ1v) is 5.79. The summed E-state index contributed by atoms with van der Waals surface area (Å²) in [6, 6.07) is 0. The van der Waals surface area contributed by atoms with Crippen molar-refractivity contribution in [1.29, 1.82) is 0 Å². The maximum absolute atomic E-state index is 12.0. The van der Waals surface area contributed by atoms with Crippen LogP contribution in [-0.2, 0) is 9.53 Å². The normalized spacial score (nSPS) is 33.3. The summed E-state index contributed by atoms with van der Waals surface area (Å²) in [5.41, 5.74) is 0. The number of likely N-dealkylation sites (N-methyl/N-ethyl adjacent to an activating group) is 1. The zero-order valence-electron chi connectivity index (χ0n) is 9.61. The van der Waals surface area contributed by atoms with Crippen molar-refractivity contribution in [2.75, 3.05) is 33.2 Å². The molecule has 2 atom stereocenters. The predicted octanol–water partition coefficient (Wildman–Crippen LogP) is 0.328. The standard InChI is InChI=1S/C11H20N2O2/c1-9-3-4-10(15-9)11(14)13-7-5-12(2)6-8-13/h9-10H,3-8H2,1-2H3. The van der Waals surface area contributed by atoms with Crippen molar-refractivity contribution in [1.82, 2.24) is 9.80 Å². The van der Waals surface area contributed by atoms with E-state index in [0.29, 0.717) is 0 Å². The van der Waals surface area contributed by atoms with Crippen LogP contribution in [0.15, 0.2) is 0 Å². The molecule has 0 aromatic rings. The maximum atomic E-state index is 12.0. The van der Waals surface area contributed by atoms with E-state index in [-0.39, 0.29) is 18.1 Å². The molecule has 0 aromatic heterocycles. The van der Waals surface area contributed by atoms with Crippen LogP contribution in [0, 0.1) is 0 Å². The molecule has 0 spiro atoms. The Morgan fingerprint density at radius 1 is 1.20 bits per heavy atom. The Morgan fingerprint density at radius 3 is 2.40 bits per heavy atom. The summed E-state index contributed by atoms with van der Waals surface area (Å²) in [5, 5.41) is 0. The summed E-state index contributed by atoms with van der Waals surface area (Å²) >= 11 is 0. The van der Waals surface area contributed by atoms with Crippen LogP contribution < -0.4 is 0 Å². The van der Waals surface area contributed by atoms with Gasteiger partial charge in [-0.05, 0) is 26.8 Å². The van der Waals surface area contributed by atoms with Crippen molar-refractivity contribution in [3.05, 3.63) is 0 Å². The molecule has 4 nitrogen and oxygen atoms in total. The molecular formula is C11H20N2O2. The minimum Gasteiger partial charge on any atom is -0.365 e. The van der Waals surface area contributed by atoms with Gasteiger partial charge >= 0.3 is 0 Å². The molecule has 0 aliphatic carbocycles. The average Bonchev–Trinajstić information content (AvgIpc) is 2.65. The van der Waals surface area contributed by atoms with Crippen molar-refractivity contribution < 1.29 is 9.53 Å². The highest BCUT2D eigenvalue weighted by Crippen LogP contribution is 2.21. The van der Waals surface area contributed by atoms with Crippen LogP contribution in [0.25, 0.3) is 0 Å². The second kappa shape index (κ2) is 4.49. The number of carbonyl (C=O) groups excluding carboxylic acids is 1. The Bertz CT molecular complexity index is 237. The van der Waals surface area contributed by atoms with Crippen molar-refractivity contribution in [3.63, 3.8) is 0 Å². The third kappa shape index (κ3) is 2.49. The van der Waals surface area contributed by atoms with Gasteiger partial charge < -0.3 is 14.5 Å². The van der Waals surface area contributed by atoms with Gasteiger partial charge in [0, 0.05) is 26.2 Å². The Labute approximate surface area is 91.2 Å². The van der Waals surface area contributed by atoms with E-state index in [1.54, 1.807) is 0 Å². The third-order valence-corrected chi connectivity index (χ3v) is 3.32. The molecule has 0 aromatic carbocycles. The fourth-order valence-corrected chi connectivity index (χ4v) is 2.21. The molecule has 2 aliphatic rings. The van der Waals surface area contributed by atoms with Crippen LogP contribution in [-0.4, -0.2) is 61.1 Å². The number of amides is 1. The van der Waals surface area contributed by atoms with Crippen LogP contribution in [0.4, 0.5) is 0 Å². The summed E-state index contributed by atoms with van der Waals surface area (Å²) in [6.45, 7) is 5.70. The lowest BCUT2D eigenvalue weighted by atomic mass is 10.2. The number of rotatable bonds is 1. The molecule has 15 heavy (non-hydrogen) atoms. The quantitative estimate of drug-likeness (QED) is 0.628. The van der Waals surface area contributed by atoms with Gasteiger partial charge in [0.15, 0.2) is 0 Å². The number of carbonyl (C=O) groups is 1. The maximum Gasteiger partial charge on any atom is 0.251 e. The van der Waals surface area contributed by atoms with E-state index in [1.807, 2.05) is 11.8 Å². The second-order valence-corrected chi connectivity index (χ2v) is 4.64. The van der Waals surface area contributed by atoms with Crippen molar-refractivity contribution in [3.8, 4) is 0 Å². The molecule has 0 N–H and O–H groups in total. The minimum atomic E-state index is -0.164. The lowest BCUT2D eigenvalue weighted by molar-refractivity contribution is -0.144. The van der Waals surface area contributed by atoms with Gasteiger partial charge in [-0.3, -0.25) is 4.79 Å². The number of hydrogen-bond acceptors (Lipinski definition) is 3. The molecule has 86 valence electrons. The summed E-state index contributed by atoms with van der Waals surface area (Å²) in [7, 11) is 2.09. The molecule has 2 aliphatic heterocycles. The Kier molecular flexibility index (Phi) is 3.26. The van der Waals surface area contributed by atoms with Crippen LogP contribution in [0.2, 0.25) is 0 Å². The van der Waals surface area contributed by atoms with E-state index >= 15 is 0 Å². The highest BCUT2D eigenvalue weighted by molar-refractivity contribution is 5.81. The number of piperazine rings is 1. The van der Waals surface area contributed by atoms with Gasteiger partial charge in [0.25, 0.3) is 5.91 Å². The van der Waals surface area contributed by atoms with Crippen LogP contribution in [0.1, 0.15) is 19.8 Å². The Hall–Kier alpha value is -0.610. The van der Waals surface area contributed by atoms with Gasteiger partial charge in [-0.15, -0.1) is 0 Å². The molecule has 2 rings (SSSR count). The minimum absolute atomic E-state index is 0.164. The summed E-state index contributed by atoms with van der Waals surface area (Å²) in [6.07, 6.45) is 2.01. The van der Waals surface area contributed by atoms with Gasteiger partial charge in [-0.25, -0.2) is 0 Å². The van der Waals surface area contributed by atoms with Gasteiger partial charge in [-0.1, -0.05) is 0 Å². The van der Waals surface area contributed by atoms with Gasteiger partial charge in [0.1, 0.15) is 6.10 Å². The van der Waals surface area contributed by atoms with E-state index in [9.17, 15) is 4.79 Å². The number of nitrogens with zero attached hydrogens (tertiary/aromatic N) is 2. The van der Waals surface area contributed by atoms with E-state index in [0.717, 1.165) is 39.0 Å². The summed E-state index contributed by atoms with van der Waals surface area (Å²) < 4.78 is 5.60. The molecule has 2 heterocycles. The van der Waals surface area contributed by atoms with Crippen LogP contribution in [0.3, 0.4) is 0 Å². The molecule has 2 fully saturated rings. The van der Waals surface area contributed by atoms with Crippen LogP contribution in [0.5, 0.6) is 0 Å². The highest BCUT2D eigenvalue weighted by Gasteiger charge is 2.32. The molecule has 0 radical (unpaired) electrons. The van der Waals surface area contributed by atoms with Crippen molar-refractivity contribution >= 4 is 5.91 Å². The first kappa shape index (κ1) is 10.9. The SMILES string of the molecule is CC1CCC(C(=O)N2CCN(C)CC2)O1. The lowest BCUT2D eigenvalue weighted by Crippen LogP contribution is -2.50. The van der Waals surface area contributed by atoms with Crippen LogP contribution >= 0.6 is 0 Å². The zero-order valence-corrected chi connectivity index (χ0v) is 9.61. The van der Waals surface area contributed by atoms with Crippen molar-refractivity contribution in [2.24, 2.45) is 0 Å². The molecule has 2 unspecified atom stereocenters. The second-order valence-electron chi connectivity index (χ2n) is 4.64. The van der Waals surface area contributed by atoms with Crippen molar-refractivity contribution in [2.45, 2.75) is 32.0 Å². The topological polar surface area (TPSA) is 32.8 Å². The van der Waals surface area contributed by atoms with Gasteiger partial charge in [0.05, 0.1) is 6.10 Å². The predicted molar refractivity (Wildman–Crippen MR) is 57.6 cm³/mol. The third-order valence-electron chi connectivity index (χ3n) is 3.32. The molecule has 1 amide bonds. The molecule has 2 saturated heterocycles. The molecule has 4 heteroatoms. The molecule has 0 bridgehead atoms. The largest absolute Gasteiger partial charge is 0.365 e. The lowest BCUT2D eigenvalue weighted by Gasteiger charge is -2.33. The van der Waals surface area contributed by atoms with E-state index in [4.69, 9.17) is 4.74 Å². The summed E-state index contributed by atoms with van der Waals surface area (Å²) in [4.78, 5) is 16.2. The monoisotopic (exact) mass is 212 g/mol. The highest BCUT2D eigenvalue weighted by atomic mass is 16.5. The van der Waals surface area contributed by atoms with Gasteiger partial charge in [-0.2, -0.15) is 0 Å². The zero-order chi connectivity index (χ0) is 10.8. The smallest absolute Gasteiger partial charge is 0.251 e. The number of hydrogen-bond donors (Lipinski definition) is 0. The van der Waals surface area contributed by atoms with E-state index < -0.39 is 0 Å². The first-order valence-electron chi connectivity index (χ1n) is 5.79. The van der Waals surface area contributed by atoms with E-state index in [1.165, 1.54) is 0 Å². The Balaban J connectivity index is 1.85. The fraction of sp³-hybridized carbons (Fsp3) is 0.909.